The Bertz CT molecular complexity index is 546. The van der Waals surface area contributed by atoms with E-state index in [1.165, 1.54) is 12.5 Å². The zero-order valence-corrected chi connectivity index (χ0v) is 9.01. The van der Waals surface area contributed by atoms with Crippen molar-refractivity contribution in [1.29, 1.82) is 0 Å². The third-order valence-electron chi connectivity index (χ3n) is 2.24. The van der Waals surface area contributed by atoms with Crippen molar-refractivity contribution >= 4 is 5.91 Å². The zero-order chi connectivity index (χ0) is 13.1. The SMILES string of the molecule is O=C(NCc1cnc[nH]1)c1cc(F)c(F)c(F)c1. The first-order chi connectivity index (χ1) is 8.58. The van der Waals surface area contributed by atoms with Gasteiger partial charge < -0.3 is 10.3 Å². The number of imidazole rings is 1. The van der Waals surface area contributed by atoms with Crippen LogP contribution in [0.3, 0.4) is 0 Å². The van der Waals surface area contributed by atoms with E-state index >= 15 is 0 Å². The molecule has 0 saturated carbocycles. The standard InChI is InChI=1S/C11H8F3N3O/c12-8-1-6(2-9(13)10(8)14)11(18)16-4-7-3-15-5-17-7/h1-3,5H,4H2,(H,15,17)(H,16,18). The highest BCUT2D eigenvalue weighted by Crippen LogP contribution is 2.13. The lowest BCUT2D eigenvalue weighted by atomic mass is 10.2. The molecule has 2 N–H and O–H groups in total. The van der Waals surface area contributed by atoms with Gasteiger partial charge in [0.05, 0.1) is 18.6 Å². The van der Waals surface area contributed by atoms with Gasteiger partial charge in [0.2, 0.25) is 0 Å². The van der Waals surface area contributed by atoms with Crippen molar-refractivity contribution < 1.29 is 18.0 Å². The van der Waals surface area contributed by atoms with Gasteiger partial charge in [0.25, 0.3) is 5.91 Å². The van der Waals surface area contributed by atoms with E-state index in [9.17, 15) is 18.0 Å². The Morgan fingerprint density at radius 3 is 2.50 bits per heavy atom. The Labute approximate surface area is 99.9 Å². The number of carbonyl (C=O) groups is 1. The van der Waals surface area contributed by atoms with Crippen molar-refractivity contribution in [3.8, 4) is 0 Å². The highest BCUT2D eigenvalue weighted by molar-refractivity contribution is 5.94. The largest absolute Gasteiger partial charge is 0.347 e. The summed E-state index contributed by atoms with van der Waals surface area (Å²) in [6.45, 7) is 0.124. The van der Waals surface area contributed by atoms with E-state index in [0.717, 1.165) is 0 Å². The van der Waals surface area contributed by atoms with Gasteiger partial charge in [-0.3, -0.25) is 4.79 Å². The molecular formula is C11H8F3N3O. The molecule has 2 aromatic rings. The number of rotatable bonds is 3. The van der Waals surface area contributed by atoms with Crippen LogP contribution >= 0.6 is 0 Å². The molecule has 1 aromatic heterocycles. The molecule has 1 heterocycles. The number of carbonyl (C=O) groups excluding carboxylic acids is 1. The van der Waals surface area contributed by atoms with Crippen LogP contribution in [0.5, 0.6) is 0 Å². The average Bonchev–Trinajstić information content (AvgIpc) is 2.85. The number of hydrogen-bond acceptors (Lipinski definition) is 2. The van der Waals surface area contributed by atoms with Gasteiger partial charge in [-0.2, -0.15) is 0 Å². The second-order valence-corrected chi connectivity index (χ2v) is 3.51. The van der Waals surface area contributed by atoms with Crippen molar-refractivity contribution in [3.63, 3.8) is 0 Å². The summed E-state index contributed by atoms with van der Waals surface area (Å²) in [5.41, 5.74) is 0.345. The topological polar surface area (TPSA) is 57.8 Å². The molecule has 0 fully saturated rings. The number of aromatic amines is 1. The van der Waals surface area contributed by atoms with Crippen molar-refractivity contribution in [2.75, 3.05) is 0 Å². The van der Waals surface area contributed by atoms with E-state index in [4.69, 9.17) is 0 Å². The molecule has 0 aliphatic heterocycles. The van der Waals surface area contributed by atoms with E-state index in [1.54, 1.807) is 0 Å². The average molecular weight is 255 g/mol. The molecule has 0 saturated heterocycles. The molecule has 0 bridgehead atoms. The number of nitrogens with zero attached hydrogens (tertiary/aromatic N) is 1. The fourth-order valence-electron chi connectivity index (χ4n) is 1.35. The number of halogens is 3. The summed E-state index contributed by atoms with van der Waals surface area (Å²) in [4.78, 5) is 18.0. The molecular weight excluding hydrogens is 247 g/mol. The van der Waals surface area contributed by atoms with E-state index in [2.05, 4.69) is 15.3 Å². The Hall–Kier alpha value is -2.31. The number of benzene rings is 1. The lowest BCUT2D eigenvalue weighted by molar-refractivity contribution is 0.0949. The Morgan fingerprint density at radius 1 is 1.28 bits per heavy atom. The lowest BCUT2D eigenvalue weighted by Gasteiger charge is -2.04. The van der Waals surface area contributed by atoms with Crippen LogP contribution in [0.25, 0.3) is 0 Å². The van der Waals surface area contributed by atoms with Crippen LogP contribution in [0, 0.1) is 17.5 Å². The number of aromatic nitrogens is 2. The maximum absolute atomic E-state index is 12.9. The summed E-state index contributed by atoms with van der Waals surface area (Å²) in [7, 11) is 0. The molecule has 4 nitrogen and oxygen atoms in total. The first-order valence-electron chi connectivity index (χ1n) is 4.98. The summed E-state index contributed by atoms with van der Waals surface area (Å²) in [6.07, 6.45) is 2.92. The summed E-state index contributed by atoms with van der Waals surface area (Å²) in [6, 6.07) is 1.28. The van der Waals surface area contributed by atoms with Crippen LogP contribution < -0.4 is 5.32 Å². The third-order valence-corrected chi connectivity index (χ3v) is 2.24. The molecule has 1 amide bonds. The molecule has 0 aliphatic rings. The van der Waals surface area contributed by atoms with Gasteiger partial charge in [0, 0.05) is 11.8 Å². The van der Waals surface area contributed by atoms with Crippen LogP contribution in [0.1, 0.15) is 16.1 Å². The summed E-state index contributed by atoms with van der Waals surface area (Å²) >= 11 is 0. The Morgan fingerprint density at radius 2 is 1.94 bits per heavy atom. The van der Waals surface area contributed by atoms with E-state index in [1.807, 2.05) is 0 Å². The minimum absolute atomic E-state index is 0.124. The van der Waals surface area contributed by atoms with Gasteiger partial charge in [-0.05, 0) is 12.1 Å². The maximum atomic E-state index is 12.9. The highest BCUT2D eigenvalue weighted by Gasteiger charge is 2.14. The van der Waals surface area contributed by atoms with Gasteiger partial charge >= 0.3 is 0 Å². The molecule has 0 radical (unpaired) electrons. The molecule has 94 valence electrons. The quantitative estimate of drug-likeness (QED) is 0.821. The predicted octanol–water partition coefficient (Wildman–Crippen LogP) is 1.76. The number of nitrogens with one attached hydrogen (secondary N) is 2. The van der Waals surface area contributed by atoms with Crippen LogP contribution in [0.4, 0.5) is 13.2 Å². The van der Waals surface area contributed by atoms with Crippen molar-refractivity contribution in [2.45, 2.75) is 6.54 Å². The van der Waals surface area contributed by atoms with Crippen LogP contribution in [-0.4, -0.2) is 15.9 Å². The molecule has 0 unspecified atom stereocenters. The van der Waals surface area contributed by atoms with Crippen molar-refractivity contribution in [2.24, 2.45) is 0 Å². The monoisotopic (exact) mass is 255 g/mol. The van der Waals surface area contributed by atoms with Crippen LogP contribution in [0.2, 0.25) is 0 Å². The number of H-pyrrole nitrogens is 1. The summed E-state index contributed by atoms with van der Waals surface area (Å²) in [5.74, 6) is -5.11. The van der Waals surface area contributed by atoms with E-state index in [0.29, 0.717) is 17.8 Å². The van der Waals surface area contributed by atoms with Crippen LogP contribution in [-0.2, 0) is 6.54 Å². The molecule has 0 atom stereocenters. The Balaban J connectivity index is 2.09. The van der Waals surface area contributed by atoms with Crippen LogP contribution in [0.15, 0.2) is 24.7 Å². The highest BCUT2D eigenvalue weighted by atomic mass is 19.2. The molecule has 2 rings (SSSR count). The zero-order valence-electron chi connectivity index (χ0n) is 9.01. The molecule has 18 heavy (non-hydrogen) atoms. The molecule has 0 spiro atoms. The summed E-state index contributed by atoms with van der Waals surface area (Å²) in [5, 5.41) is 2.41. The fourth-order valence-corrected chi connectivity index (χ4v) is 1.35. The molecule has 1 aromatic carbocycles. The van der Waals surface area contributed by atoms with Crippen molar-refractivity contribution in [1.82, 2.24) is 15.3 Å². The lowest BCUT2D eigenvalue weighted by Crippen LogP contribution is -2.23. The van der Waals surface area contributed by atoms with Gasteiger partial charge in [-0.1, -0.05) is 0 Å². The second kappa shape index (κ2) is 4.91. The first-order valence-corrected chi connectivity index (χ1v) is 4.98. The van der Waals surface area contributed by atoms with E-state index in [-0.39, 0.29) is 12.1 Å². The molecule has 0 aliphatic carbocycles. The first kappa shape index (κ1) is 12.2. The van der Waals surface area contributed by atoms with Gasteiger partial charge in [-0.25, -0.2) is 18.2 Å². The minimum atomic E-state index is -1.60. The van der Waals surface area contributed by atoms with Gasteiger partial charge in [0.1, 0.15) is 0 Å². The maximum Gasteiger partial charge on any atom is 0.251 e. The van der Waals surface area contributed by atoms with Gasteiger partial charge in [-0.15, -0.1) is 0 Å². The van der Waals surface area contributed by atoms with E-state index < -0.39 is 23.4 Å². The summed E-state index contributed by atoms with van der Waals surface area (Å²) < 4.78 is 38.5. The molecule has 7 heteroatoms. The number of hydrogen-bond donors (Lipinski definition) is 2. The third kappa shape index (κ3) is 2.50. The second-order valence-electron chi connectivity index (χ2n) is 3.51. The smallest absolute Gasteiger partial charge is 0.251 e. The predicted molar refractivity (Wildman–Crippen MR) is 56.1 cm³/mol. The fraction of sp³-hybridized carbons (Fsp3) is 0.0909. The number of amides is 1. The normalized spacial score (nSPS) is 10.4. The Kier molecular flexibility index (Phi) is 3.31. The van der Waals surface area contributed by atoms with Gasteiger partial charge in [0.15, 0.2) is 17.5 Å². The van der Waals surface area contributed by atoms with Crippen molar-refractivity contribution in [3.05, 3.63) is 53.4 Å². The minimum Gasteiger partial charge on any atom is -0.347 e.